The lowest BCUT2D eigenvalue weighted by atomic mass is 9.87. The molecule has 2 aromatic heterocycles. The smallest absolute Gasteiger partial charge is 0.251 e. The van der Waals surface area contributed by atoms with Gasteiger partial charge in [-0.25, -0.2) is 9.97 Å². The van der Waals surface area contributed by atoms with Gasteiger partial charge in [0.25, 0.3) is 5.91 Å². The van der Waals surface area contributed by atoms with Gasteiger partial charge in [-0.15, -0.1) is 0 Å². The molecule has 0 unspecified atom stereocenters. The van der Waals surface area contributed by atoms with E-state index in [2.05, 4.69) is 33.5 Å². The van der Waals surface area contributed by atoms with Crippen LogP contribution in [0.25, 0.3) is 16.9 Å². The molecule has 5 nitrogen and oxygen atoms in total. The number of aryl methyl sites for hydroxylation is 2. The van der Waals surface area contributed by atoms with E-state index in [0.29, 0.717) is 16.3 Å². The molecule has 0 spiro atoms. The average molecular weight is 417 g/mol. The van der Waals surface area contributed by atoms with Crippen LogP contribution in [-0.4, -0.2) is 20.4 Å². The van der Waals surface area contributed by atoms with Gasteiger partial charge in [0.15, 0.2) is 5.65 Å². The summed E-state index contributed by atoms with van der Waals surface area (Å²) in [5, 5.41) is 3.76. The van der Waals surface area contributed by atoms with Crippen molar-refractivity contribution in [3.8, 4) is 5.69 Å². The van der Waals surface area contributed by atoms with Crippen molar-refractivity contribution in [1.82, 2.24) is 19.9 Å². The third-order valence-electron chi connectivity index (χ3n) is 5.71. The maximum atomic E-state index is 13.1. The number of aromatic nitrogens is 3. The maximum absolute atomic E-state index is 13.1. The Morgan fingerprint density at radius 1 is 1.17 bits per heavy atom. The molecule has 1 aliphatic carbocycles. The zero-order valence-corrected chi connectivity index (χ0v) is 17.4. The van der Waals surface area contributed by atoms with Crippen molar-refractivity contribution in [3.05, 3.63) is 88.3 Å². The number of hydrogen-bond donors (Lipinski definition) is 1. The third kappa shape index (κ3) is 3.25. The van der Waals surface area contributed by atoms with E-state index in [4.69, 9.17) is 11.6 Å². The number of benzene rings is 2. The van der Waals surface area contributed by atoms with Crippen molar-refractivity contribution in [2.45, 2.75) is 32.2 Å². The molecular formula is C24H21ClN4O. The van der Waals surface area contributed by atoms with Crippen molar-refractivity contribution in [2.75, 3.05) is 0 Å². The van der Waals surface area contributed by atoms with Crippen LogP contribution in [0.2, 0.25) is 5.02 Å². The van der Waals surface area contributed by atoms with Crippen LogP contribution in [-0.2, 0) is 6.42 Å². The molecule has 0 aliphatic heterocycles. The Balaban J connectivity index is 1.50. The lowest BCUT2D eigenvalue weighted by molar-refractivity contribution is 0.0932. The van der Waals surface area contributed by atoms with Gasteiger partial charge in [-0.2, -0.15) is 0 Å². The first-order valence-electron chi connectivity index (χ1n) is 10.1. The Morgan fingerprint density at radius 3 is 2.93 bits per heavy atom. The van der Waals surface area contributed by atoms with Gasteiger partial charge in [0.1, 0.15) is 11.3 Å². The minimum absolute atomic E-state index is 0.0269. The number of fused-ring (bicyclic) bond motifs is 2. The highest BCUT2D eigenvalue weighted by molar-refractivity contribution is 6.32. The molecule has 30 heavy (non-hydrogen) atoms. The van der Waals surface area contributed by atoms with E-state index >= 15 is 0 Å². The molecule has 0 radical (unpaired) electrons. The van der Waals surface area contributed by atoms with Crippen LogP contribution < -0.4 is 5.32 Å². The van der Waals surface area contributed by atoms with Crippen molar-refractivity contribution >= 4 is 28.7 Å². The highest BCUT2D eigenvalue weighted by Crippen LogP contribution is 2.31. The fourth-order valence-corrected chi connectivity index (χ4v) is 4.49. The normalized spacial score (nSPS) is 15.7. The molecule has 0 saturated carbocycles. The van der Waals surface area contributed by atoms with E-state index in [1.54, 1.807) is 18.3 Å². The van der Waals surface area contributed by atoms with Crippen LogP contribution in [0.1, 0.15) is 46.2 Å². The second kappa shape index (κ2) is 7.58. The van der Waals surface area contributed by atoms with Gasteiger partial charge in [-0.1, -0.05) is 35.9 Å². The topological polar surface area (TPSA) is 59.8 Å². The van der Waals surface area contributed by atoms with Crippen LogP contribution in [0, 0.1) is 6.92 Å². The molecule has 5 rings (SSSR count). The van der Waals surface area contributed by atoms with Crippen LogP contribution in [0.3, 0.4) is 0 Å². The SMILES string of the molecule is Cc1nc2cccnc2n1-c1cc(C(=O)N[C@@H]2CCCc3ccccc32)ccc1Cl. The molecule has 1 aliphatic rings. The molecule has 0 fully saturated rings. The summed E-state index contributed by atoms with van der Waals surface area (Å²) in [6, 6.07) is 17.5. The van der Waals surface area contributed by atoms with Crippen molar-refractivity contribution < 1.29 is 4.79 Å². The average Bonchev–Trinajstić information content (AvgIpc) is 3.10. The number of pyridine rings is 1. The molecule has 1 amide bonds. The van der Waals surface area contributed by atoms with Crippen molar-refractivity contribution in [2.24, 2.45) is 0 Å². The molecule has 0 bridgehead atoms. The fourth-order valence-electron chi connectivity index (χ4n) is 4.28. The second-order valence-electron chi connectivity index (χ2n) is 7.62. The monoisotopic (exact) mass is 416 g/mol. The summed E-state index contributed by atoms with van der Waals surface area (Å²) in [5.74, 6) is 0.661. The third-order valence-corrected chi connectivity index (χ3v) is 6.03. The van der Waals surface area contributed by atoms with Gasteiger partial charge in [0.2, 0.25) is 0 Å². The number of hydrogen-bond acceptors (Lipinski definition) is 3. The predicted octanol–water partition coefficient (Wildman–Crippen LogP) is 5.19. The summed E-state index contributed by atoms with van der Waals surface area (Å²) in [4.78, 5) is 22.1. The molecular weight excluding hydrogens is 396 g/mol. The van der Waals surface area contributed by atoms with Gasteiger partial charge < -0.3 is 5.32 Å². The number of nitrogens with zero attached hydrogens (tertiary/aromatic N) is 3. The minimum atomic E-state index is -0.107. The molecule has 2 aromatic carbocycles. The van der Waals surface area contributed by atoms with Crippen LogP contribution in [0.5, 0.6) is 0 Å². The Hall–Kier alpha value is -3.18. The van der Waals surface area contributed by atoms with E-state index in [1.165, 1.54) is 11.1 Å². The molecule has 1 N–H and O–H groups in total. The Bertz CT molecular complexity index is 1260. The standard InChI is InChI=1S/C24H21ClN4O/c1-15-27-21-10-5-13-26-23(21)29(15)22-14-17(11-12-19(22)25)24(30)28-20-9-4-7-16-6-2-3-8-18(16)20/h2-3,5-6,8,10-14,20H,4,7,9H2,1H3,(H,28,30)/t20-/m1/s1. The second-order valence-corrected chi connectivity index (χ2v) is 8.03. The first-order valence-corrected chi connectivity index (χ1v) is 10.5. The van der Waals surface area contributed by atoms with Crippen LogP contribution in [0.4, 0.5) is 0 Å². The van der Waals surface area contributed by atoms with Gasteiger partial charge in [-0.05, 0) is 67.6 Å². The fraction of sp³-hybridized carbons (Fsp3) is 0.208. The first kappa shape index (κ1) is 18.8. The molecule has 150 valence electrons. The Kier molecular flexibility index (Phi) is 4.75. The number of halogens is 1. The number of carbonyl (C=O) groups excluding carboxylic acids is 1. The number of nitrogens with one attached hydrogen (secondary N) is 1. The zero-order chi connectivity index (χ0) is 20.7. The molecule has 0 saturated heterocycles. The summed E-state index contributed by atoms with van der Waals surface area (Å²) in [6.45, 7) is 1.91. The molecule has 4 aromatic rings. The lowest BCUT2D eigenvalue weighted by Gasteiger charge is -2.26. The Labute approximate surface area is 179 Å². The van der Waals surface area contributed by atoms with E-state index in [0.717, 1.165) is 36.3 Å². The zero-order valence-electron chi connectivity index (χ0n) is 16.6. The lowest BCUT2D eigenvalue weighted by Crippen LogP contribution is -2.31. The molecule has 6 heteroatoms. The summed E-state index contributed by atoms with van der Waals surface area (Å²) >= 11 is 6.52. The summed E-state index contributed by atoms with van der Waals surface area (Å²) < 4.78 is 1.89. The predicted molar refractivity (Wildman–Crippen MR) is 118 cm³/mol. The van der Waals surface area contributed by atoms with E-state index in [1.807, 2.05) is 35.8 Å². The number of rotatable bonds is 3. The molecule has 2 heterocycles. The van der Waals surface area contributed by atoms with Gasteiger partial charge in [0.05, 0.1) is 16.8 Å². The van der Waals surface area contributed by atoms with E-state index < -0.39 is 0 Å². The summed E-state index contributed by atoms with van der Waals surface area (Å²) in [5.41, 5.74) is 5.31. The van der Waals surface area contributed by atoms with E-state index in [9.17, 15) is 4.79 Å². The molecule has 1 atom stereocenters. The number of carbonyl (C=O) groups is 1. The van der Waals surface area contributed by atoms with Gasteiger partial charge in [-0.3, -0.25) is 9.36 Å². The Morgan fingerprint density at radius 2 is 2.03 bits per heavy atom. The first-order chi connectivity index (χ1) is 14.6. The van der Waals surface area contributed by atoms with Gasteiger partial charge >= 0.3 is 0 Å². The maximum Gasteiger partial charge on any atom is 0.251 e. The minimum Gasteiger partial charge on any atom is -0.345 e. The van der Waals surface area contributed by atoms with Crippen molar-refractivity contribution in [1.29, 1.82) is 0 Å². The highest BCUT2D eigenvalue weighted by Gasteiger charge is 2.23. The van der Waals surface area contributed by atoms with Crippen molar-refractivity contribution in [3.63, 3.8) is 0 Å². The van der Waals surface area contributed by atoms with Gasteiger partial charge in [0, 0.05) is 11.8 Å². The van der Waals surface area contributed by atoms with E-state index in [-0.39, 0.29) is 11.9 Å². The summed E-state index contributed by atoms with van der Waals surface area (Å²) in [7, 11) is 0. The van der Waals surface area contributed by atoms with Crippen LogP contribution in [0.15, 0.2) is 60.8 Å². The largest absolute Gasteiger partial charge is 0.345 e. The summed E-state index contributed by atoms with van der Waals surface area (Å²) in [6.07, 6.45) is 4.80. The quantitative estimate of drug-likeness (QED) is 0.500. The highest BCUT2D eigenvalue weighted by atomic mass is 35.5. The number of amides is 1. The van der Waals surface area contributed by atoms with Crippen LogP contribution >= 0.6 is 11.6 Å². The number of imidazole rings is 1.